The van der Waals surface area contributed by atoms with Gasteiger partial charge in [-0.15, -0.1) is 25.7 Å². The molecule has 3 amide bonds. The van der Waals surface area contributed by atoms with Gasteiger partial charge in [0.05, 0.1) is 52.0 Å². The van der Waals surface area contributed by atoms with Crippen molar-refractivity contribution in [3.8, 4) is 95.4 Å². The first-order chi connectivity index (χ1) is 54.8. The zero-order valence-electron chi connectivity index (χ0n) is 61.8. The van der Waals surface area contributed by atoms with E-state index in [1.54, 1.807) is 143 Å². The molecule has 0 saturated heterocycles. The summed E-state index contributed by atoms with van der Waals surface area (Å²) in [6.07, 6.45) is 4.40. The predicted octanol–water partition coefficient (Wildman–Crippen LogP) is 22.8. The van der Waals surface area contributed by atoms with Gasteiger partial charge in [-0.3, -0.25) is 14.4 Å². The van der Waals surface area contributed by atoms with E-state index in [9.17, 15) is 75.7 Å². The van der Waals surface area contributed by atoms with Crippen LogP contribution in [0.4, 0.5) is 56.6 Å². The molecule has 0 bridgehead atoms. The third-order valence-electron chi connectivity index (χ3n) is 16.1. The molecular formula is C89H69F13N4O9S. The lowest BCUT2D eigenvalue weighted by Gasteiger charge is -2.12. The average molecular weight is 1620 g/mol. The third kappa shape index (κ3) is 26.2. The van der Waals surface area contributed by atoms with Crippen LogP contribution in [0.15, 0.2) is 243 Å². The van der Waals surface area contributed by atoms with E-state index < -0.39 is 71.1 Å². The number of halogens is 13. The largest absolute Gasteiger partial charge is 0.478 e. The quantitative estimate of drug-likeness (QED) is 0.0485. The Morgan fingerprint density at radius 1 is 0.353 bits per heavy atom. The molecule has 0 aliphatic carbocycles. The lowest BCUT2D eigenvalue weighted by atomic mass is 10.1. The maximum atomic E-state index is 12.7. The molecule has 12 rings (SSSR count). The SMILES string of the molecule is C#CC(C)N.C#CC(C)NC(=O)c1ccc2c(Oc3ccc(C(F)(F)F)cc3)cccc2c1.C#C[C@@H](C)NC(=O)c1ccc2c(Oc3ccc(C(F)(F)F)cc3)cccc2c1.C#C[C@H](C)NC(=O)c1ccc2c(Oc3ccc(C(F)(F)F)cc3)cccc2c1.CSF.O=C(O)c1ccc2c(Oc3ccc(C(F)(F)F)cc3)cccc2c1. The number of amides is 3. The van der Waals surface area contributed by atoms with Crippen LogP contribution in [0.3, 0.4) is 0 Å². The standard InChI is InChI=1S/3C22H16F3NO2.C18H11F3O3.C4H7N.CH3FS/c3*1-3-14(2)26-21(27)16-7-12-19-15(13-16)5-4-6-20(19)28-18-10-8-17(9-11-18)22(23,24)25;19-18(20,21)13-5-7-14(8-6-13)24-16-3-1-2-11-10-12(17(22)23)4-9-15(11)16;1-3-4(2)5;1-3-2/h3*1,4-14H,2H3,(H,26,27);1-10H,(H,22,23);1,4H,5H2,2H3;1H3/t2*14-;;;;/m10..../s1. The molecule has 0 aliphatic heterocycles. The summed E-state index contributed by atoms with van der Waals surface area (Å²) in [5, 5.41) is 22.8. The predicted molar refractivity (Wildman–Crippen MR) is 423 cm³/mol. The van der Waals surface area contributed by atoms with Crippen molar-refractivity contribution >= 4 is 78.9 Å². The van der Waals surface area contributed by atoms with Crippen LogP contribution in [0.5, 0.6) is 46.0 Å². The van der Waals surface area contributed by atoms with Crippen molar-refractivity contribution < 1.29 is 99.8 Å². The van der Waals surface area contributed by atoms with Gasteiger partial charge < -0.3 is 45.7 Å². The number of nitrogens with two attached hydrogens (primary N) is 1. The van der Waals surface area contributed by atoms with E-state index in [4.69, 9.17) is 55.5 Å². The Morgan fingerprint density at radius 2 is 0.552 bits per heavy atom. The second kappa shape index (κ2) is 40.7. The zero-order valence-corrected chi connectivity index (χ0v) is 62.6. The summed E-state index contributed by atoms with van der Waals surface area (Å²) >= 11 is 0.250. The highest BCUT2D eigenvalue weighted by molar-refractivity contribution is 7.93. The van der Waals surface area contributed by atoms with Crippen LogP contribution < -0.4 is 40.6 Å². The summed E-state index contributed by atoms with van der Waals surface area (Å²) in [5.41, 5.74) is 3.57. The number of ether oxygens (including phenoxy) is 4. The number of hydrogen-bond acceptors (Lipinski definition) is 10. The number of rotatable bonds is 15. The Labute approximate surface area is 662 Å². The molecule has 12 aromatic carbocycles. The number of carboxylic acids is 1. The number of aromatic carboxylic acids is 1. The van der Waals surface area contributed by atoms with Crippen LogP contribution in [0, 0.1) is 49.4 Å². The molecule has 116 heavy (non-hydrogen) atoms. The van der Waals surface area contributed by atoms with Crippen molar-refractivity contribution in [2.45, 2.75) is 76.6 Å². The minimum absolute atomic E-state index is 0.0880. The summed E-state index contributed by atoms with van der Waals surface area (Å²) < 4.78 is 185. The molecule has 4 atom stereocenters. The maximum absolute atomic E-state index is 12.7. The van der Waals surface area contributed by atoms with Gasteiger partial charge in [0.15, 0.2) is 0 Å². The van der Waals surface area contributed by atoms with E-state index in [0.717, 1.165) is 80.8 Å². The van der Waals surface area contributed by atoms with Crippen molar-refractivity contribution in [1.29, 1.82) is 0 Å². The summed E-state index contributed by atoms with van der Waals surface area (Å²) in [5.74, 6) is 10.7. The van der Waals surface area contributed by atoms with Gasteiger partial charge in [0.1, 0.15) is 46.0 Å². The molecule has 13 nitrogen and oxygen atoms in total. The molecule has 596 valence electrons. The Balaban J connectivity index is 0.000000207. The molecule has 0 aliphatic rings. The first-order valence-electron chi connectivity index (χ1n) is 34.3. The van der Waals surface area contributed by atoms with E-state index in [0.29, 0.717) is 50.5 Å². The molecule has 2 unspecified atom stereocenters. The first kappa shape index (κ1) is 89.6. The molecule has 0 heterocycles. The molecule has 0 saturated carbocycles. The Morgan fingerprint density at radius 3 is 0.733 bits per heavy atom. The number of nitrogens with one attached hydrogen (secondary N) is 3. The fourth-order valence-corrected chi connectivity index (χ4v) is 10.2. The van der Waals surface area contributed by atoms with Crippen molar-refractivity contribution in [3.63, 3.8) is 0 Å². The zero-order chi connectivity index (χ0) is 85.2. The monoisotopic (exact) mass is 1620 g/mol. The smallest absolute Gasteiger partial charge is 0.416 e. The van der Waals surface area contributed by atoms with Crippen LogP contribution in [0.1, 0.15) is 91.4 Å². The number of hydrogen-bond donors (Lipinski definition) is 5. The minimum Gasteiger partial charge on any atom is -0.478 e. The second-order valence-corrected chi connectivity index (χ2v) is 25.1. The highest BCUT2D eigenvalue weighted by atomic mass is 32.2. The van der Waals surface area contributed by atoms with Crippen LogP contribution >= 0.6 is 12.1 Å². The number of carboxylic acid groups (broad SMARTS) is 1. The average Bonchev–Trinajstić information content (AvgIpc) is 0.810. The van der Waals surface area contributed by atoms with E-state index in [-0.39, 0.29) is 64.5 Å². The van der Waals surface area contributed by atoms with Crippen LogP contribution in [-0.4, -0.2) is 59.2 Å². The molecule has 0 spiro atoms. The van der Waals surface area contributed by atoms with Gasteiger partial charge in [-0.25, -0.2) is 4.79 Å². The van der Waals surface area contributed by atoms with Gasteiger partial charge >= 0.3 is 30.7 Å². The molecular weight excluding hydrogens is 1550 g/mol. The topological polar surface area (TPSA) is 188 Å². The van der Waals surface area contributed by atoms with E-state index in [2.05, 4.69) is 39.6 Å². The molecule has 12 aromatic rings. The molecule has 0 aromatic heterocycles. The lowest BCUT2D eigenvalue weighted by molar-refractivity contribution is -0.138. The molecule has 27 heteroatoms. The highest BCUT2D eigenvalue weighted by Gasteiger charge is 2.33. The number of fused-ring (bicyclic) bond motifs is 4. The number of carbonyl (C=O) groups is 4. The van der Waals surface area contributed by atoms with Crippen molar-refractivity contribution in [2.24, 2.45) is 5.73 Å². The number of alkyl halides is 12. The number of benzene rings is 12. The van der Waals surface area contributed by atoms with Gasteiger partial charge in [0.25, 0.3) is 17.7 Å². The van der Waals surface area contributed by atoms with Gasteiger partial charge in [-0.2, -0.15) is 56.6 Å². The highest BCUT2D eigenvalue weighted by Crippen LogP contribution is 2.40. The van der Waals surface area contributed by atoms with E-state index in [1.807, 2.05) is 18.2 Å². The first-order valence-corrected chi connectivity index (χ1v) is 35.4. The van der Waals surface area contributed by atoms with E-state index in [1.165, 1.54) is 66.9 Å². The fraction of sp³-hybridized carbons (Fsp3) is 0.146. The summed E-state index contributed by atoms with van der Waals surface area (Å²) in [7, 11) is 0. The van der Waals surface area contributed by atoms with Crippen molar-refractivity contribution in [2.75, 3.05) is 6.26 Å². The Hall–Kier alpha value is -13.6. The van der Waals surface area contributed by atoms with Crippen LogP contribution in [0.2, 0.25) is 0 Å². The lowest BCUT2D eigenvalue weighted by Crippen LogP contribution is -2.31. The molecule has 0 radical (unpaired) electrons. The Kier molecular flexibility index (Phi) is 31.5. The third-order valence-corrected chi connectivity index (χ3v) is 16.1. The van der Waals surface area contributed by atoms with Gasteiger partial charge in [-0.1, -0.05) is 72.2 Å². The van der Waals surface area contributed by atoms with Gasteiger partial charge in [-0.05, 0) is 243 Å². The van der Waals surface area contributed by atoms with Crippen molar-refractivity contribution in [1.82, 2.24) is 16.0 Å². The van der Waals surface area contributed by atoms with Crippen LogP contribution in [-0.2, 0) is 24.7 Å². The van der Waals surface area contributed by atoms with Gasteiger partial charge in [0, 0.05) is 56.6 Å². The van der Waals surface area contributed by atoms with E-state index >= 15 is 0 Å². The number of terminal acetylenes is 4. The minimum atomic E-state index is -4.40. The summed E-state index contributed by atoms with van der Waals surface area (Å²) in [6.45, 7) is 6.87. The Bertz CT molecular complexity index is 5190. The maximum Gasteiger partial charge on any atom is 0.416 e. The normalized spacial score (nSPS) is 12.0. The molecule has 0 fully saturated rings. The summed E-state index contributed by atoms with van der Waals surface area (Å²) in [4.78, 5) is 47.7. The van der Waals surface area contributed by atoms with Crippen LogP contribution in [0.25, 0.3) is 43.1 Å². The summed E-state index contributed by atoms with van der Waals surface area (Å²) in [6, 6.07) is 57.2. The molecule has 6 N–H and O–H groups in total. The second-order valence-electron chi connectivity index (χ2n) is 24.8. The fourth-order valence-electron chi connectivity index (χ4n) is 10.2. The number of carbonyl (C=O) groups excluding carboxylic acids is 3. The van der Waals surface area contributed by atoms with Gasteiger partial charge in [0.2, 0.25) is 0 Å². The van der Waals surface area contributed by atoms with Crippen molar-refractivity contribution in [3.05, 3.63) is 287 Å².